The summed E-state index contributed by atoms with van der Waals surface area (Å²) < 4.78 is 39.4. The summed E-state index contributed by atoms with van der Waals surface area (Å²) >= 11 is 0.910. The van der Waals surface area contributed by atoms with Crippen LogP contribution in [-0.4, -0.2) is 11.5 Å². The van der Waals surface area contributed by atoms with Crippen molar-refractivity contribution in [3.05, 3.63) is 65.5 Å². The summed E-state index contributed by atoms with van der Waals surface area (Å²) in [6.07, 6.45) is 0. The van der Waals surface area contributed by atoms with E-state index in [1.54, 1.807) is 6.07 Å². The quantitative estimate of drug-likeness (QED) is 0.621. The molecule has 0 radical (unpaired) electrons. The summed E-state index contributed by atoms with van der Waals surface area (Å²) in [5, 5.41) is 0. The first-order valence-corrected chi connectivity index (χ1v) is 6.42. The Balaban J connectivity index is 2.07. The van der Waals surface area contributed by atoms with Crippen LogP contribution in [0.5, 0.6) is 0 Å². The second-order valence-corrected chi connectivity index (χ2v) is 4.78. The van der Waals surface area contributed by atoms with Gasteiger partial charge in [0.05, 0.1) is 11.3 Å². The number of halogens is 3. The first-order chi connectivity index (χ1) is 9.08. The third kappa shape index (κ3) is 3.38. The highest BCUT2D eigenvalue weighted by Gasteiger charge is 2.12. The Morgan fingerprint density at radius 2 is 1.74 bits per heavy atom. The summed E-state index contributed by atoms with van der Waals surface area (Å²) in [5.74, 6) is -2.56. The molecule has 2 aromatic rings. The maximum atomic E-state index is 13.3. The van der Waals surface area contributed by atoms with Gasteiger partial charge in [0.1, 0.15) is 17.5 Å². The van der Waals surface area contributed by atoms with Crippen LogP contribution in [0.2, 0.25) is 0 Å². The Kier molecular flexibility index (Phi) is 4.27. The molecule has 0 heterocycles. The van der Waals surface area contributed by atoms with Gasteiger partial charge in [-0.1, -0.05) is 12.1 Å². The van der Waals surface area contributed by atoms with Gasteiger partial charge in [0.15, 0.2) is 5.78 Å². The van der Waals surface area contributed by atoms with Gasteiger partial charge in [-0.15, -0.1) is 11.8 Å². The van der Waals surface area contributed by atoms with Crippen molar-refractivity contribution in [2.24, 2.45) is 0 Å². The first-order valence-electron chi connectivity index (χ1n) is 5.43. The number of thioether (sulfide) groups is 1. The van der Waals surface area contributed by atoms with Crippen LogP contribution in [0.15, 0.2) is 47.4 Å². The van der Waals surface area contributed by atoms with E-state index in [0.29, 0.717) is 0 Å². The van der Waals surface area contributed by atoms with E-state index in [1.165, 1.54) is 24.3 Å². The highest BCUT2D eigenvalue weighted by molar-refractivity contribution is 8.00. The minimum atomic E-state index is -0.730. The molecule has 98 valence electrons. The van der Waals surface area contributed by atoms with Crippen LogP contribution in [0, 0.1) is 17.5 Å². The number of carbonyl (C=O) groups excluding carboxylic acids is 1. The molecule has 19 heavy (non-hydrogen) atoms. The number of benzene rings is 2. The second-order valence-electron chi connectivity index (χ2n) is 3.77. The van der Waals surface area contributed by atoms with Crippen molar-refractivity contribution in [1.82, 2.24) is 0 Å². The molecule has 0 bridgehead atoms. The van der Waals surface area contributed by atoms with E-state index in [2.05, 4.69) is 0 Å². The van der Waals surface area contributed by atoms with Crippen LogP contribution in [-0.2, 0) is 0 Å². The largest absolute Gasteiger partial charge is 0.293 e. The van der Waals surface area contributed by atoms with Crippen molar-refractivity contribution >= 4 is 17.5 Å². The molecule has 0 aliphatic carbocycles. The number of carbonyl (C=O) groups is 1. The van der Waals surface area contributed by atoms with Crippen molar-refractivity contribution < 1.29 is 18.0 Å². The molecule has 0 aliphatic rings. The fraction of sp³-hybridized carbons (Fsp3) is 0.0714. The number of Topliss-reactive ketones (excluding diaryl/α,β-unsaturated/α-hetero) is 1. The van der Waals surface area contributed by atoms with Crippen LogP contribution in [0.4, 0.5) is 13.2 Å². The van der Waals surface area contributed by atoms with Gasteiger partial charge in [0, 0.05) is 11.0 Å². The Bertz CT molecular complexity index is 613. The summed E-state index contributed by atoms with van der Waals surface area (Å²) in [6.45, 7) is 0. The fourth-order valence-electron chi connectivity index (χ4n) is 1.50. The lowest BCUT2D eigenvalue weighted by Crippen LogP contribution is -2.05. The SMILES string of the molecule is O=C(CSc1ccc(F)cc1F)c1ccccc1F. The zero-order valence-electron chi connectivity index (χ0n) is 9.70. The van der Waals surface area contributed by atoms with E-state index in [-0.39, 0.29) is 16.2 Å². The maximum absolute atomic E-state index is 13.3. The van der Waals surface area contributed by atoms with Crippen molar-refractivity contribution in [2.45, 2.75) is 4.90 Å². The van der Waals surface area contributed by atoms with Crippen molar-refractivity contribution in [3.63, 3.8) is 0 Å². The molecule has 0 atom stereocenters. The molecular weight excluding hydrogens is 273 g/mol. The Morgan fingerprint density at radius 3 is 2.42 bits per heavy atom. The van der Waals surface area contributed by atoms with E-state index < -0.39 is 23.2 Å². The van der Waals surface area contributed by atoms with Gasteiger partial charge in [0.2, 0.25) is 0 Å². The molecule has 0 N–H and O–H groups in total. The smallest absolute Gasteiger partial charge is 0.176 e. The second kappa shape index (κ2) is 5.93. The Labute approximate surface area is 112 Å². The molecule has 0 aliphatic heterocycles. The maximum Gasteiger partial charge on any atom is 0.176 e. The predicted octanol–water partition coefficient (Wildman–Crippen LogP) is 4.08. The van der Waals surface area contributed by atoms with Crippen LogP contribution in [0.25, 0.3) is 0 Å². The standard InChI is InChI=1S/C14H9F3OS/c15-9-5-6-14(12(17)7-9)19-8-13(18)10-3-1-2-4-11(10)16/h1-7H,8H2. The lowest BCUT2D eigenvalue weighted by molar-refractivity contribution is 0.101. The van der Waals surface area contributed by atoms with Gasteiger partial charge in [-0.3, -0.25) is 4.79 Å². The highest BCUT2D eigenvalue weighted by atomic mass is 32.2. The van der Waals surface area contributed by atoms with E-state index in [0.717, 1.165) is 23.9 Å². The number of hydrogen-bond acceptors (Lipinski definition) is 2. The third-order valence-electron chi connectivity index (χ3n) is 2.43. The normalized spacial score (nSPS) is 10.5. The van der Waals surface area contributed by atoms with Crippen molar-refractivity contribution in [2.75, 3.05) is 5.75 Å². The van der Waals surface area contributed by atoms with E-state index in [9.17, 15) is 18.0 Å². The fourth-order valence-corrected chi connectivity index (χ4v) is 2.30. The van der Waals surface area contributed by atoms with Crippen LogP contribution in [0.1, 0.15) is 10.4 Å². The molecule has 0 unspecified atom stereocenters. The molecule has 1 nitrogen and oxygen atoms in total. The molecule has 0 saturated heterocycles. The summed E-state index contributed by atoms with van der Waals surface area (Å²) in [4.78, 5) is 11.9. The average molecular weight is 282 g/mol. The zero-order chi connectivity index (χ0) is 13.8. The van der Waals surface area contributed by atoms with Gasteiger partial charge in [-0.2, -0.15) is 0 Å². The van der Waals surface area contributed by atoms with E-state index in [4.69, 9.17) is 0 Å². The molecule has 0 fully saturated rings. The lowest BCUT2D eigenvalue weighted by atomic mass is 10.1. The monoisotopic (exact) mass is 282 g/mol. The summed E-state index contributed by atoms with van der Waals surface area (Å²) in [5.41, 5.74) is -0.0301. The summed E-state index contributed by atoms with van der Waals surface area (Å²) in [6, 6.07) is 8.72. The molecule has 0 amide bonds. The third-order valence-corrected chi connectivity index (χ3v) is 3.48. The molecule has 0 saturated carbocycles. The molecule has 0 aromatic heterocycles. The van der Waals surface area contributed by atoms with Crippen molar-refractivity contribution in [3.8, 4) is 0 Å². The minimum Gasteiger partial charge on any atom is -0.293 e. The van der Waals surface area contributed by atoms with Gasteiger partial charge < -0.3 is 0 Å². The van der Waals surface area contributed by atoms with Gasteiger partial charge in [-0.25, -0.2) is 13.2 Å². The van der Waals surface area contributed by atoms with Crippen LogP contribution in [0.3, 0.4) is 0 Å². The van der Waals surface area contributed by atoms with Gasteiger partial charge in [0.25, 0.3) is 0 Å². The van der Waals surface area contributed by atoms with Gasteiger partial charge in [-0.05, 0) is 24.3 Å². The van der Waals surface area contributed by atoms with Crippen LogP contribution < -0.4 is 0 Å². The lowest BCUT2D eigenvalue weighted by Gasteiger charge is -2.04. The van der Waals surface area contributed by atoms with Gasteiger partial charge >= 0.3 is 0 Å². The number of ketones is 1. The predicted molar refractivity (Wildman–Crippen MR) is 67.8 cm³/mol. The molecular formula is C14H9F3OS. The van der Waals surface area contributed by atoms with E-state index >= 15 is 0 Å². The first kappa shape index (κ1) is 13.7. The zero-order valence-corrected chi connectivity index (χ0v) is 10.5. The summed E-state index contributed by atoms with van der Waals surface area (Å²) in [7, 11) is 0. The number of hydrogen-bond donors (Lipinski definition) is 0. The molecule has 5 heteroatoms. The molecule has 2 rings (SSSR count). The Hall–Kier alpha value is -1.75. The highest BCUT2D eigenvalue weighted by Crippen LogP contribution is 2.23. The molecule has 2 aromatic carbocycles. The van der Waals surface area contributed by atoms with Crippen LogP contribution >= 0.6 is 11.8 Å². The van der Waals surface area contributed by atoms with Crippen molar-refractivity contribution in [1.29, 1.82) is 0 Å². The average Bonchev–Trinajstić information content (AvgIpc) is 2.38. The van der Waals surface area contributed by atoms with E-state index in [1.807, 2.05) is 0 Å². The topological polar surface area (TPSA) is 17.1 Å². The Morgan fingerprint density at radius 1 is 1.00 bits per heavy atom. The molecule has 0 spiro atoms. The number of rotatable bonds is 4. The minimum absolute atomic E-state index is 0.0301.